The van der Waals surface area contributed by atoms with Crippen LogP contribution in [0.15, 0.2) is 12.1 Å². The van der Waals surface area contributed by atoms with Gasteiger partial charge < -0.3 is 15.2 Å². The van der Waals surface area contributed by atoms with E-state index in [0.717, 1.165) is 6.07 Å². The molecule has 0 aliphatic heterocycles. The van der Waals surface area contributed by atoms with E-state index in [0.29, 0.717) is 6.07 Å². The smallest absolute Gasteiger partial charge is 0.295 e. The first kappa shape index (κ1) is 14.3. The first-order valence-electron chi connectivity index (χ1n) is 5.00. The maximum Gasteiger partial charge on any atom is 0.295 e. The zero-order chi connectivity index (χ0) is 13.7. The van der Waals surface area contributed by atoms with Crippen LogP contribution in [-0.4, -0.2) is 36.4 Å². The van der Waals surface area contributed by atoms with Crippen molar-refractivity contribution in [1.82, 2.24) is 0 Å². The molecule has 0 saturated heterocycles. The number of nitro benzene ring substituents is 1. The number of benzene rings is 1. The van der Waals surface area contributed by atoms with Gasteiger partial charge in [-0.2, -0.15) is 0 Å². The van der Waals surface area contributed by atoms with E-state index in [9.17, 15) is 18.9 Å². The number of aliphatic hydroxyl groups is 1. The number of aliphatic hydroxyl groups excluding tert-OH is 1. The van der Waals surface area contributed by atoms with Crippen molar-refractivity contribution in [3.05, 3.63) is 33.9 Å². The Morgan fingerprint density at radius 3 is 2.72 bits per heavy atom. The molecular weight excluding hydrogens is 250 g/mol. The average Bonchev–Trinajstić information content (AvgIpc) is 2.33. The van der Waals surface area contributed by atoms with Crippen molar-refractivity contribution in [1.29, 1.82) is 0 Å². The number of anilines is 1. The second-order valence-electron chi connectivity index (χ2n) is 3.49. The molecule has 0 spiro atoms. The van der Waals surface area contributed by atoms with Gasteiger partial charge >= 0.3 is 0 Å². The maximum absolute atomic E-state index is 13.5. The van der Waals surface area contributed by atoms with Crippen molar-refractivity contribution in [2.45, 2.75) is 6.04 Å². The summed E-state index contributed by atoms with van der Waals surface area (Å²) in [4.78, 5) is 9.85. The third kappa shape index (κ3) is 3.11. The Morgan fingerprint density at radius 1 is 1.56 bits per heavy atom. The second-order valence-corrected chi connectivity index (χ2v) is 3.49. The van der Waals surface area contributed by atoms with Gasteiger partial charge in [0, 0.05) is 13.2 Å². The summed E-state index contributed by atoms with van der Waals surface area (Å²) in [6.07, 6.45) is 0. The van der Waals surface area contributed by atoms with E-state index < -0.39 is 40.6 Å². The van der Waals surface area contributed by atoms with Gasteiger partial charge in [0.25, 0.3) is 5.69 Å². The summed E-state index contributed by atoms with van der Waals surface area (Å²) in [6.45, 7) is -0.454. The van der Waals surface area contributed by atoms with Crippen LogP contribution in [0.25, 0.3) is 0 Å². The molecule has 0 heterocycles. The van der Waals surface area contributed by atoms with E-state index in [1.54, 1.807) is 0 Å². The molecule has 1 rings (SSSR count). The first-order chi connectivity index (χ1) is 8.51. The summed E-state index contributed by atoms with van der Waals surface area (Å²) in [5, 5.41) is 22.0. The quantitative estimate of drug-likeness (QED) is 0.596. The predicted octanol–water partition coefficient (Wildman–Crippen LogP) is 1.29. The van der Waals surface area contributed by atoms with E-state index in [1.165, 1.54) is 7.11 Å². The number of ether oxygens (including phenoxy) is 1. The SMILES string of the molecule is COCC(CO)Nc1c([N+](=O)[O-])ccc(F)c1F. The van der Waals surface area contributed by atoms with Crippen LogP contribution in [0, 0.1) is 21.7 Å². The van der Waals surface area contributed by atoms with Gasteiger partial charge in [-0.3, -0.25) is 10.1 Å². The van der Waals surface area contributed by atoms with Gasteiger partial charge in [-0.05, 0) is 6.07 Å². The minimum atomic E-state index is -1.36. The monoisotopic (exact) mass is 262 g/mol. The predicted molar refractivity (Wildman–Crippen MR) is 59.4 cm³/mol. The van der Waals surface area contributed by atoms with Gasteiger partial charge in [0.05, 0.1) is 24.2 Å². The largest absolute Gasteiger partial charge is 0.394 e. The fourth-order valence-corrected chi connectivity index (χ4v) is 1.38. The molecule has 0 aliphatic rings. The van der Waals surface area contributed by atoms with Crippen molar-refractivity contribution in [2.75, 3.05) is 25.6 Å². The standard InChI is InChI=1S/C10H12F2N2O4/c1-18-5-6(4-15)13-10-8(14(16)17)3-2-7(11)9(10)12/h2-3,6,13,15H,4-5H2,1H3. The Morgan fingerprint density at radius 2 is 2.22 bits per heavy atom. The summed E-state index contributed by atoms with van der Waals surface area (Å²) >= 11 is 0. The van der Waals surface area contributed by atoms with Gasteiger partial charge in [0.1, 0.15) is 0 Å². The molecule has 18 heavy (non-hydrogen) atoms. The fraction of sp³-hybridized carbons (Fsp3) is 0.400. The Labute approximate surface area is 101 Å². The van der Waals surface area contributed by atoms with Crippen LogP contribution >= 0.6 is 0 Å². The Hall–Kier alpha value is -1.80. The van der Waals surface area contributed by atoms with E-state index in [1.807, 2.05) is 0 Å². The molecule has 1 aromatic carbocycles. The third-order valence-corrected chi connectivity index (χ3v) is 2.21. The van der Waals surface area contributed by atoms with E-state index in [-0.39, 0.29) is 6.61 Å². The Balaban J connectivity index is 3.12. The summed E-state index contributed by atoms with van der Waals surface area (Å²) in [6, 6.07) is 0.746. The Bertz CT molecular complexity index is 442. The Kier molecular flexibility index (Phi) is 4.93. The maximum atomic E-state index is 13.5. The molecule has 1 unspecified atom stereocenters. The molecule has 0 bridgehead atoms. The van der Waals surface area contributed by atoms with Gasteiger partial charge in [0.15, 0.2) is 17.3 Å². The zero-order valence-corrected chi connectivity index (χ0v) is 9.52. The molecule has 1 atom stereocenters. The lowest BCUT2D eigenvalue weighted by molar-refractivity contribution is -0.384. The molecule has 8 heteroatoms. The highest BCUT2D eigenvalue weighted by molar-refractivity contribution is 5.63. The van der Waals surface area contributed by atoms with Crippen LogP contribution in [0.5, 0.6) is 0 Å². The molecule has 0 aromatic heterocycles. The number of methoxy groups -OCH3 is 1. The van der Waals surface area contributed by atoms with Crippen molar-refractivity contribution in [3.63, 3.8) is 0 Å². The van der Waals surface area contributed by atoms with E-state index in [2.05, 4.69) is 5.32 Å². The zero-order valence-electron chi connectivity index (χ0n) is 9.52. The number of hydrogen-bond acceptors (Lipinski definition) is 5. The van der Waals surface area contributed by atoms with Crippen molar-refractivity contribution in [3.8, 4) is 0 Å². The normalized spacial score (nSPS) is 12.2. The highest BCUT2D eigenvalue weighted by Crippen LogP contribution is 2.29. The van der Waals surface area contributed by atoms with Crippen LogP contribution in [0.2, 0.25) is 0 Å². The lowest BCUT2D eigenvalue weighted by atomic mass is 10.2. The molecule has 6 nitrogen and oxygen atoms in total. The highest BCUT2D eigenvalue weighted by Gasteiger charge is 2.23. The molecule has 0 fully saturated rings. The molecule has 1 aromatic rings. The summed E-state index contributed by atoms with van der Waals surface area (Å²) < 4.78 is 31.3. The number of nitrogens with zero attached hydrogens (tertiary/aromatic N) is 1. The minimum Gasteiger partial charge on any atom is -0.394 e. The van der Waals surface area contributed by atoms with Crippen LogP contribution in [0.3, 0.4) is 0 Å². The number of rotatable bonds is 6. The van der Waals surface area contributed by atoms with Gasteiger partial charge in [-0.15, -0.1) is 0 Å². The number of nitro groups is 1. The van der Waals surface area contributed by atoms with E-state index in [4.69, 9.17) is 9.84 Å². The van der Waals surface area contributed by atoms with E-state index >= 15 is 0 Å². The fourth-order valence-electron chi connectivity index (χ4n) is 1.38. The van der Waals surface area contributed by atoms with Crippen LogP contribution < -0.4 is 5.32 Å². The lowest BCUT2D eigenvalue weighted by Crippen LogP contribution is -2.29. The summed E-state index contributed by atoms with van der Waals surface area (Å²) in [5.41, 5.74) is -1.21. The topological polar surface area (TPSA) is 84.6 Å². The molecule has 0 saturated carbocycles. The molecule has 0 aliphatic carbocycles. The number of nitrogens with one attached hydrogen (secondary N) is 1. The van der Waals surface area contributed by atoms with Gasteiger partial charge in [-0.25, -0.2) is 8.78 Å². The molecular formula is C10H12F2N2O4. The molecule has 2 N–H and O–H groups in total. The van der Waals surface area contributed by atoms with Crippen molar-refractivity contribution >= 4 is 11.4 Å². The number of halogens is 2. The van der Waals surface area contributed by atoms with Gasteiger partial charge in [0.2, 0.25) is 0 Å². The molecule has 0 amide bonds. The number of hydrogen-bond donors (Lipinski definition) is 2. The average molecular weight is 262 g/mol. The third-order valence-electron chi connectivity index (χ3n) is 2.21. The van der Waals surface area contributed by atoms with Crippen LogP contribution in [0.4, 0.5) is 20.2 Å². The van der Waals surface area contributed by atoms with Crippen molar-refractivity contribution in [2.24, 2.45) is 0 Å². The molecule has 100 valence electrons. The van der Waals surface area contributed by atoms with Crippen LogP contribution in [0.1, 0.15) is 0 Å². The minimum absolute atomic E-state index is 0.0103. The second kappa shape index (κ2) is 6.22. The van der Waals surface area contributed by atoms with Gasteiger partial charge in [-0.1, -0.05) is 0 Å². The highest BCUT2D eigenvalue weighted by atomic mass is 19.2. The molecule has 0 radical (unpaired) electrons. The lowest BCUT2D eigenvalue weighted by Gasteiger charge is -2.17. The summed E-state index contributed by atoms with van der Waals surface area (Å²) in [7, 11) is 1.35. The van der Waals surface area contributed by atoms with Crippen LogP contribution in [-0.2, 0) is 4.74 Å². The van der Waals surface area contributed by atoms with Crippen molar-refractivity contribution < 1.29 is 23.5 Å². The summed E-state index contributed by atoms with van der Waals surface area (Å²) in [5.74, 6) is -2.57. The first-order valence-corrected chi connectivity index (χ1v) is 5.00.